The van der Waals surface area contributed by atoms with Gasteiger partial charge >= 0.3 is 0 Å². The maximum Gasteiger partial charge on any atom is 0.259 e. The van der Waals surface area contributed by atoms with Gasteiger partial charge < -0.3 is 15.0 Å². The summed E-state index contributed by atoms with van der Waals surface area (Å²) in [5.41, 5.74) is 2.65. The van der Waals surface area contributed by atoms with Crippen LogP contribution in [0.15, 0.2) is 36.4 Å². The van der Waals surface area contributed by atoms with E-state index in [1.54, 1.807) is 17.0 Å². The molecule has 2 aromatic rings. The number of ether oxygens (including phenoxy) is 1. The number of hydrogen-bond acceptors (Lipinski definition) is 3. The minimum absolute atomic E-state index is 0.0416. The molecule has 1 saturated heterocycles. The van der Waals surface area contributed by atoms with Gasteiger partial charge in [0.25, 0.3) is 5.91 Å². The molecule has 0 aromatic heterocycles. The first-order valence-electron chi connectivity index (χ1n) is 10.0. The highest BCUT2D eigenvalue weighted by Gasteiger charge is 2.28. The van der Waals surface area contributed by atoms with Crippen LogP contribution in [0.3, 0.4) is 0 Å². The molecule has 1 heterocycles. The van der Waals surface area contributed by atoms with Crippen LogP contribution in [0.1, 0.15) is 40.7 Å². The first-order valence-corrected chi connectivity index (χ1v) is 10.8. The molecule has 0 radical (unpaired) electrons. The summed E-state index contributed by atoms with van der Waals surface area (Å²) in [7, 11) is 1.46. The molecule has 5 nitrogen and oxygen atoms in total. The second-order valence-corrected chi connectivity index (χ2v) is 8.37. The van der Waals surface area contributed by atoms with Crippen LogP contribution in [0.25, 0.3) is 0 Å². The van der Waals surface area contributed by atoms with Crippen molar-refractivity contribution in [3.05, 3.63) is 63.1 Å². The monoisotopic (exact) mass is 448 g/mol. The number of halogens is 2. The van der Waals surface area contributed by atoms with Gasteiger partial charge in [-0.15, -0.1) is 0 Å². The van der Waals surface area contributed by atoms with Crippen LogP contribution in [0.4, 0.5) is 0 Å². The molecule has 0 spiro atoms. The van der Waals surface area contributed by atoms with Crippen LogP contribution >= 0.6 is 23.2 Å². The molecule has 0 aliphatic carbocycles. The molecule has 2 aromatic carbocycles. The predicted molar refractivity (Wildman–Crippen MR) is 120 cm³/mol. The fourth-order valence-corrected chi connectivity index (χ4v) is 4.09. The summed E-state index contributed by atoms with van der Waals surface area (Å²) in [5, 5.41) is 3.75. The number of benzene rings is 2. The predicted octanol–water partition coefficient (Wildman–Crippen LogP) is 4.66. The van der Waals surface area contributed by atoms with E-state index in [0.717, 1.165) is 12.0 Å². The minimum atomic E-state index is -0.205. The molecule has 30 heavy (non-hydrogen) atoms. The number of rotatable bonds is 6. The van der Waals surface area contributed by atoms with E-state index in [0.29, 0.717) is 48.1 Å². The first kappa shape index (κ1) is 22.4. The lowest BCUT2D eigenvalue weighted by atomic mass is 10.0. The van der Waals surface area contributed by atoms with Gasteiger partial charge in [0, 0.05) is 25.6 Å². The third-order valence-electron chi connectivity index (χ3n) is 5.39. The number of nitrogens with one attached hydrogen (secondary N) is 1. The molecule has 0 atom stereocenters. The van der Waals surface area contributed by atoms with Gasteiger partial charge in [0.05, 0.1) is 17.2 Å². The number of carbonyl (C=O) groups excluding carboxylic acids is 2. The van der Waals surface area contributed by atoms with Crippen LogP contribution in [0, 0.1) is 6.92 Å². The Morgan fingerprint density at radius 3 is 2.33 bits per heavy atom. The van der Waals surface area contributed by atoms with Crippen molar-refractivity contribution in [3.8, 4) is 5.75 Å². The lowest BCUT2D eigenvalue weighted by Crippen LogP contribution is -2.46. The normalized spacial score (nSPS) is 14.5. The van der Waals surface area contributed by atoms with Gasteiger partial charge in [0.15, 0.2) is 5.75 Å². The van der Waals surface area contributed by atoms with Crippen LogP contribution in [-0.4, -0.2) is 43.0 Å². The molecule has 2 amide bonds. The summed E-state index contributed by atoms with van der Waals surface area (Å²) in [6.07, 6.45) is 2.57. The van der Waals surface area contributed by atoms with Crippen molar-refractivity contribution >= 4 is 35.0 Å². The fourth-order valence-electron chi connectivity index (χ4n) is 3.63. The molecule has 0 unspecified atom stereocenters. The summed E-state index contributed by atoms with van der Waals surface area (Å²) in [5.74, 6) is 0.129. The number of aryl methyl sites for hydroxylation is 2. The average molecular weight is 449 g/mol. The number of amides is 2. The molecule has 1 fully saturated rings. The number of likely N-dealkylation sites (tertiary alicyclic amines) is 1. The van der Waals surface area contributed by atoms with E-state index in [2.05, 4.69) is 29.6 Å². The van der Waals surface area contributed by atoms with Crippen molar-refractivity contribution in [3.63, 3.8) is 0 Å². The molecular weight excluding hydrogens is 423 g/mol. The Hall–Kier alpha value is -2.24. The third kappa shape index (κ3) is 5.46. The Morgan fingerprint density at radius 2 is 1.70 bits per heavy atom. The van der Waals surface area contributed by atoms with Gasteiger partial charge in [-0.05, 0) is 43.9 Å². The second kappa shape index (κ2) is 10.2. The number of carbonyl (C=O) groups is 2. The van der Waals surface area contributed by atoms with Gasteiger partial charge in [-0.2, -0.15) is 0 Å². The van der Waals surface area contributed by atoms with E-state index in [9.17, 15) is 9.59 Å². The molecule has 0 bridgehead atoms. The highest BCUT2D eigenvalue weighted by Crippen LogP contribution is 2.35. The van der Waals surface area contributed by atoms with Crippen molar-refractivity contribution in [2.24, 2.45) is 0 Å². The average Bonchev–Trinajstić information content (AvgIpc) is 2.75. The fraction of sp³-hybridized carbons (Fsp3) is 0.391. The molecule has 1 aliphatic heterocycles. The molecule has 1 aliphatic rings. The minimum Gasteiger partial charge on any atom is -0.494 e. The smallest absolute Gasteiger partial charge is 0.259 e. The Kier molecular flexibility index (Phi) is 7.62. The zero-order valence-electron chi connectivity index (χ0n) is 17.2. The van der Waals surface area contributed by atoms with Gasteiger partial charge in [0.1, 0.15) is 5.56 Å². The Morgan fingerprint density at radius 1 is 1.07 bits per heavy atom. The zero-order valence-corrected chi connectivity index (χ0v) is 18.7. The van der Waals surface area contributed by atoms with Crippen molar-refractivity contribution in [2.45, 2.75) is 38.6 Å². The summed E-state index contributed by atoms with van der Waals surface area (Å²) in [4.78, 5) is 27.0. The van der Waals surface area contributed by atoms with Crippen molar-refractivity contribution < 1.29 is 14.3 Å². The molecule has 160 valence electrons. The topological polar surface area (TPSA) is 58.6 Å². The SMILES string of the molecule is COc1c(Cl)ccc(Cl)c1C(=O)N1CCC(NC(=O)CCc2ccc(C)cc2)CC1. The van der Waals surface area contributed by atoms with Crippen LogP contribution < -0.4 is 10.1 Å². The summed E-state index contributed by atoms with van der Waals surface area (Å²) in [6, 6.07) is 11.5. The Labute approximate surface area is 187 Å². The molecular formula is C23H26Cl2N2O3. The summed E-state index contributed by atoms with van der Waals surface area (Å²) >= 11 is 12.4. The number of methoxy groups -OCH3 is 1. The quantitative estimate of drug-likeness (QED) is 0.698. The summed E-state index contributed by atoms with van der Waals surface area (Å²) < 4.78 is 5.29. The number of hydrogen-bond donors (Lipinski definition) is 1. The van der Waals surface area contributed by atoms with Gasteiger partial charge in [0.2, 0.25) is 5.91 Å². The first-order chi connectivity index (χ1) is 14.4. The maximum absolute atomic E-state index is 13.0. The van der Waals surface area contributed by atoms with E-state index in [4.69, 9.17) is 27.9 Å². The number of piperidine rings is 1. The van der Waals surface area contributed by atoms with Crippen molar-refractivity contribution in [1.82, 2.24) is 10.2 Å². The van der Waals surface area contributed by atoms with E-state index in [1.807, 2.05) is 6.92 Å². The van der Waals surface area contributed by atoms with E-state index in [-0.39, 0.29) is 23.4 Å². The lowest BCUT2D eigenvalue weighted by molar-refractivity contribution is -0.122. The van der Waals surface area contributed by atoms with Crippen LogP contribution in [0.2, 0.25) is 10.0 Å². The lowest BCUT2D eigenvalue weighted by Gasteiger charge is -2.33. The largest absolute Gasteiger partial charge is 0.494 e. The van der Waals surface area contributed by atoms with E-state index in [1.165, 1.54) is 12.7 Å². The van der Waals surface area contributed by atoms with Crippen LogP contribution in [0.5, 0.6) is 5.75 Å². The summed E-state index contributed by atoms with van der Waals surface area (Å²) in [6.45, 7) is 3.12. The molecule has 1 N–H and O–H groups in total. The van der Waals surface area contributed by atoms with E-state index < -0.39 is 0 Å². The highest BCUT2D eigenvalue weighted by atomic mass is 35.5. The third-order valence-corrected chi connectivity index (χ3v) is 6.00. The molecule has 7 heteroatoms. The van der Waals surface area contributed by atoms with E-state index >= 15 is 0 Å². The van der Waals surface area contributed by atoms with Gasteiger partial charge in [-0.1, -0.05) is 53.0 Å². The van der Waals surface area contributed by atoms with Gasteiger partial charge in [-0.25, -0.2) is 0 Å². The highest BCUT2D eigenvalue weighted by molar-refractivity contribution is 6.37. The van der Waals surface area contributed by atoms with Crippen molar-refractivity contribution in [2.75, 3.05) is 20.2 Å². The van der Waals surface area contributed by atoms with Gasteiger partial charge in [-0.3, -0.25) is 9.59 Å². The second-order valence-electron chi connectivity index (χ2n) is 7.56. The van der Waals surface area contributed by atoms with Crippen LogP contribution in [-0.2, 0) is 11.2 Å². The maximum atomic E-state index is 13.0. The molecule has 0 saturated carbocycles. The Bertz CT molecular complexity index is 907. The molecule has 3 rings (SSSR count). The number of nitrogens with zero attached hydrogens (tertiary/aromatic N) is 1. The zero-order chi connectivity index (χ0) is 21.7. The Balaban J connectivity index is 1.51. The van der Waals surface area contributed by atoms with Crippen molar-refractivity contribution in [1.29, 1.82) is 0 Å². The standard InChI is InChI=1S/C23H26Cl2N2O3/c1-15-3-5-16(6-4-15)7-10-20(28)26-17-11-13-27(14-12-17)23(29)21-18(24)8-9-19(25)22(21)30-2/h3-6,8-9,17H,7,10-14H2,1-2H3,(H,26,28).